The van der Waals surface area contributed by atoms with Crippen LogP contribution in [0.1, 0.15) is 27.9 Å². The molecule has 4 nitrogen and oxygen atoms in total. The van der Waals surface area contributed by atoms with Gasteiger partial charge in [0.15, 0.2) is 5.78 Å². The SMILES string of the molecule is O=C1/C(=C/c2ccccc2[N+](=O)[O-])CCc2ccccc21. The van der Waals surface area contributed by atoms with Gasteiger partial charge >= 0.3 is 0 Å². The molecule has 0 heterocycles. The number of benzene rings is 2. The van der Waals surface area contributed by atoms with E-state index in [-0.39, 0.29) is 11.5 Å². The van der Waals surface area contributed by atoms with Gasteiger partial charge in [-0.1, -0.05) is 36.4 Å². The molecule has 104 valence electrons. The summed E-state index contributed by atoms with van der Waals surface area (Å²) in [6, 6.07) is 14.0. The molecule has 3 rings (SSSR count). The van der Waals surface area contributed by atoms with Crippen LogP contribution in [-0.2, 0) is 6.42 Å². The van der Waals surface area contributed by atoms with E-state index in [9.17, 15) is 14.9 Å². The molecular weight excluding hydrogens is 266 g/mol. The van der Waals surface area contributed by atoms with Crippen LogP contribution >= 0.6 is 0 Å². The van der Waals surface area contributed by atoms with Crippen LogP contribution < -0.4 is 0 Å². The van der Waals surface area contributed by atoms with E-state index in [1.54, 1.807) is 24.3 Å². The molecule has 0 unspecified atom stereocenters. The van der Waals surface area contributed by atoms with Gasteiger partial charge in [0.05, 0.1) is 10.5 Å². The number of allylic oxidation sites excluding steroid dienone is 1. The van der Waals surface area contributed by atoms with Gasteiger partial charge < -0.3 is 0 Å². The van der Waals surface area contributed by atoms with E-state index < -0.39 is 4.92 Å². The molecule has 1 aliphatic carbocycles. The van der Waals surface area contributed by atoms with Gasteiger partial charge in [0.25, 0.3) is 5.69 Å². The van der Waals surface area contributed by atoms with Crippen molar-refractivity contribution in [3.05, 3.63) is 80.9 Å². The van der Waals surface area contributed by atoms with E-state index in [2.05, 4.69) is 0 Å². The van der Waals surface area contributed by atoms with Gasteiger partial charge in [0, 0.05) is 17.2 Å². The second kappa shape index (κ2) is 5.32. The van der Waals surface area contributed by atoms with Gasteiger partial charge in [-0.2, -0.15) is 0 Å². The molecule has 0 amide bonds. The molecule has 0 aromatic heterocycles. The average Bonchev–Trinajstić information content (AvgIpc) is 2.51. The minimum absolute atomic E-state index is 0.0247. The third kappa shape index (κ3) is 2.48. The molecule has 0 saturated heterocycles. The largest absolute Gasteiger partial charge is 0.289 e. The Bertz CT molecular complexity index is 762. The first-order chi connectivity index (χ1) is 10.2. The number of ketones is 1. The van der Waals surface area contributed by atoms with Crippen molar-refractivity contribution in [3.8, 4) is 0 Å². The molecule has 0 aliphatic heterocycles. The molecule has 0 radical (unpaired) electrons. The highest BCUT2D eigenvalue weighted by Gasteiger charge is 2.22. The van der Waals surface area contributed by atoms with E-state index in [1.165, 1.54) is 6.07 Å². The van der Waals surface area contributed by atoms with Crippen molar-refractivity contribution in [2.45, 2.75) is 12.8 Å². The van der Waals surface area contributed by atoms with Gasteiger partial charge in [-0.3, -0.25) is 14.9 Å². The molecule has 0 spiro atoms. The fraction of sp³-hybridized carbons (Fsp3) is 0.118. The summed E-state index contributed by atoms with van der Waals surface area (Å²) in [5.41, 5.74) is 2.88. The van der Waals surface area contributed by atoms with Crippen molar-refractivity contribution in [2.75, 3.05) is 0 Å². The van der Waals surface area contributed by atoms with Crippen LogP contribution in [0.4, 0.5) is 5.69 Å². The maximum absolute atomic E-state index is 12.5. The Morgan fingerprint density at radius 2 is 1.71 bits per heavy atom. The Morgan fingerprint density at radius 3 is 2.52 bits per heavy atom. The molecule has 0 atom stereocenters. The van der Waals surface area contributed by atoms with Gasteiger partial charge in [-0.15, -0.1) is 0 Å². The smallest absolute Gasteiger partial charge is 0.276 e. The molecular formula is C17H13NO3. The third-order valence-electron chi connectivity index (χ3n) is 3.68. The highest BCUT2D eigenvalue weighted by Crippen LogP contribution is 2.28. The maximum atomic E-state index is 12.5. The van der Waals surface area contributed by atoms with Crippen molar-refractivity contribution in [3.63, 3.8) is 0 Å². The summed E-state index contributed by atoms with van der Waals surface area (Å²) in [5.74, 6) is -0.0324. The molecule has 4 heteroatoms. The summed E-state index contributed by atoms with van der Waals surface area (Å²) < 4.78 is 0. The zero-order chi connectivity index (χ0) is 14.8. The monoisotopic (exact) mass is 279 g/mol. The van der Waals surface area contributed by atoms with Crippen molar-refractivity contribution in [1.29, 1.82) is 0 Å². The van der Waals surface area contributed by atoms with E-state index in [4.69, 9.17) is 0 Å². The van der Waals surface area contributed by atoms with Crippen molar-refractivity contribution >= 4 is 17.5 Å². The minimum atomic E-state index is -0.423. The molecule has 21 heavy (non-hydrogen) atoms. The number of aryl methyl sites for hydroxylation is 1. The Labute approximate surface area is 121 Å². The lowest BCUT2D eigenvalue weighted by atomic mass is 9.86. The number of fused-ring (bicyclic) bond motifs is 1. The van der Waals surface area contributed by atoms with Crippen LogP contribution in [0.3, 0.4) is 0 Å². The Kier molecular flexibility index (Phi) is 3.36. The summed E-state index contributed by atoms with van der Waals surface area (Å²) in [6.07, 6.45) is 3.05. The summed E-state index contributed by atoms with van der Waals surface area (Å²) in [7, 11) is 0. The number of Topliss-reactive ketones (excluding diaryl/α,β-unsaturated/α-hetero) is 1. The molecule has 0 N–H and O–H groups in total. The summed E-state index contributed by atoms with van der Waals surface area (Å²) in [5, 5.41) is 11.0. The number of para-hydroxylation sites is 1. The number of carbonyl (C=O) groups is 1. The summed E-state index contributed by atoms with van der Waals surface area (Å²) in [6.45, 7) is 0. The number of nitrogens with zero attached hydrogens (tertiary/aromatic N) is 1. The lowest BCUT2D eigenvalue weighted by Crippen LogP contribution is -2.13. The molecule has 0 saturated carbocycles. The van der Waals surface area contributed by atoms with Crippen LogP contribution in [-0.4, -0.2) is 10.7 Å². The first-order valence-corrected chi connectivity index (χ1v) is 6.73. The molecule has 2 aromatic rings. The van der Waals surface area contributed by atoms with Crippen molar-refractivity contribution in [2.24, 2.45) is 0 Å². The van der Waals surface area contributed by atoms with E-state index in [1.807, 2.05) is 24.3 Å². The number of nitro benzene ring substituents is 1. The first kappa shape index (κ1) is 13.2. The number of rotatable bonds is 2. The molecule has 1 aliphatic rings. The highest BCUT2D eigenvalue weighted by molar-refractivity contribution is 6.13. The van der Waals surface area contributed by atoms with E-state index in [0.717, 1.165) is 12.0 Å². The molecule has 0 fully saturated rings. The van der Waals surface area contributed by atoms with Gasteiger partial charge in [0.1, 0.15) is 0 Å². The fourth-order valence-corrected chi connectivity index (χ4v) is 2.62. The average molecular weight is 279 g/mol. The zero-order valence-corrected chi connectivity index (χ0v) is 11.3. The second-order valence-corrected chi connectivity index (χ2v) is 4.97. The normalized spacial score (nSPS) is 15.8. The summed E-state index contributed by atoms with van der Waals surface area (Å²) >= 11 is 0. The second-order valence-electron chi connectivity index (χ2n) is 4.97. The minimum Gasteiger partial charge on any atom is -0.289 e. The molecule has 2 aromatic carbocycles. The summed E-state index contributed by atoms with van der Waals surface area (Å²) in [4.78, 5) is 23.1. The highest BCUT2D eigenvalue weighted by atomic mass is 16.6. The lowest BCUT2D eigenvalue weighted by molar-refractivity contribution is -0.385. The Balaban J connectivity index is 2.03. The van der Waals surface area contributed by atoms with E-state index in [0.29, 0.717) is 23.1 Å². The topological polar surface area (TPSA) is 60.2 Å². The number of hydrogen-bond acceptors (Lipinski definition) is 3. The maximum Gasteiger partial charge on any atom is 0.276 e. The quantitative estimate of drug-likeness (QED) is 0.477. The predicted molar refractivity (Wildman–Crippen MR) is 80.2 cm³/mol. The van der Waals surface area contributed by atoms with E-state index >= 15 is 0 Å². The van der Waals surface area contributed by atoms with Crippen LogP contribution in [0.2, 0.25) is 0 Å². The first-order valence-electron chi connectivity index (χ1n) is 6.73. The third-order valence-corrected chi connectivity index (χ3v) is 3.68. The fourth-order valence-electron chi connectivity index (χ4n) is 2.62. The van der Waals surface area contributed by atoms with Crippen molar-refractivity contribution < 1.29 is 9.72 Å². The van der Waals surface area contributed by atoms with Crippen LogP contribution in [0.25, 0.3) is 6.08 Å². The van der Waals surface area contributed by atoms with Gasteiger partial charge in [-0.25, -0.2) is 0 Å². The number of hydrogen-bond donors (Lipinski definition) is 0. The van der Waals surface area contributed by atoms with Gasteiger partial charge in [0.2, 0.25) is 0 Å². The van der Waals surface area contributed by atoms with Gasteiger partial charge in [-0.05, 0) is 30.5 Å². The lowest BCUT2D eigenvalue weighted by Gasteiger charge is -2.17. The predicted octanol–water partition coefficient (Wildman–Crippen LogP) is 3.81. The Morgan fingerprint density at radius 1 is 1.00 bits per heavy atom. The number of carbonyl (C=O) groups excluding carboxylic acids is 1. The van der Waals surface area contributed by atoms with Crippen LogP contribution in [0.15, 0.2) is 54.1 Å². The molecule has 0 bridgehead atoms. The van der Waals surface area contributed by atoms with Crippen molar-refractivity contribution in [1.82, 2.24) is 0 Å². The number of nitro groups is 1. The Hall–Kier alpha value is -2.75. The zero-order valence-electron chi connectivity index (χ0n) is 11.3. The van der Waals surface area contributed by atoms with Crippen LogP contribution in [0.5, 0.6) is 0 Å². The van der Waals surface area contributed by atoms with Crippen LogP contribution in [0, 0.1) is 10.1 Å². The standard InChI is InChI=1S/C17H13NO3/c19-17-14(10-9-12-5-1-3-7-15(12)17)11-13-6-2-4-8-16(13)18(20)21/h1-8,11H,9-10H2/b14-11+.